The summed E-state index contributed by atoms with van der Waals surface area (Å²) >= 11 is 0. The van der Waals surface area contributed by atoms with Crippen molar-refractivity contribution in [1.82, 2.24) is 14.7 Å². The largest absolute Gasteiger partial charge is 0.338 e. The maximum absolute atomic E-state index is 12.9. The van der Waals surface area contributed by atoms with Crippen LogP contribution in [0, 0.1) is 12.3 Å². The molecule has 1 fully saturated rings. The molecule has 1 amide bonds. The van der Waals surface area contributed by atoms with Crippen molar-refractivity contribution in [2.75, 3.05) is 13.1 Å². The molecule has 2 N–H and O–H groups in total. The number of piperidine rings is 1. The second-order valence-electron chi connectivity index (χ2n) is 7.40. The van der Waals surface area contributed by atoms with Gasteiger partial charge < -0.3 is 10.6 Å². The number of aromatic nitrogens is 2. The third-order valence-corrected chi connectivity index (χ3v) is 5.11. The van der Waals surface area contributed by atoms with Gasteiger partial charge in [-0.25, -0.2) is 0 Å². The molecule has 3 rings (SSSR count). The molecule has 2 aromatic rings. The minimum absolute atomic E-state index is 0. The average Bonchev–Trinajstić information content (AvgIpc) is 2.91. The molecule has 0 aliphatic carbocycles. The fourth-order valence-corrected chi connectivity index (χ4v) is 3.29. The van der Waals surface area contributed by atoms with Crippen molar-refractivity contribution in [3.05, 3.63) is 53.3 Å². The number of nitrogens with zero attached hydrogens (tertiary/aromatic N) is 3. The Balaban J connectivity index is 0.00000225. The van der Waals surface area contributed by atoms with E-state index in [0.29, 0.717) is 25.2 Å². The molecule has 1 aromatic heterocycles. The monoisotopic (exact) mass is 362 g/mol. The lowest BCUT2D eigenvalue weighted by atomic mass is 9.79. The summed E-state index contributed by atoms with van der Waals surface area (Å²) in [6.07, 6.45) is 2.54. The van der Waals surface area contributed by atoms with Crippen molar-refractivity contribution >= 4 is 18.3 Å². The van der Waals surface area contributed by atoms with Crippen molar-refractivity contribution in [2.24, 2.45) is 11.1 Å². The van der Waals surface area contributed by atoms with Crippen molar-refractivity contribution in [2.45, 2.75) is 39.8 Å². The van der Waals surface area contributed by atoms with Gasteiger partial charge in [-0.05, 0) is 24.3 Å². The van der Waals surface area contributed by atoms with Crippen LogP contribution in [-0.2, 0) is 6.54 Å². The number of rotatable bonds is 3. The highest BCUT2D eigenvalue weighted by atomic mass is 35.5. The number of amides is 1. The molecule has 1 atom stereocenters. The maximum atomic E-state index is 12.9. The Morgan fingerprint density at radius 2 is 2.00 bits per heavy atom. The van der Waals surface area contributed by atoms with Gasteiger partial charge in [0, 0.05) is 24.8 Å². The molecule has 1 aromatic carbocycles. The van der Waals surface area contributed by atoms with E-state index in [9.17, 15) is 4.79 Å². The SMILES string of the molecule is Cc1c(C(=O)N2CCC(N)C(C)(C)C2)cnn1Cc1ccccc1.Cl. The quantitative estimate of drug-likeness (QED) is 0.913. The van der Waals surface area contributed by atoms with Crippen molar-refractivity contribution < 1.29 is 4.79 Å². The zero-order valence-corrected chi connectivity index (χ0v) is 15.9. The topological polar surface area (TPSA) is 64.2 Å². The van der Waals surface area contributed by atoms with Gasteiger partial charge in [0.2, 0.25) is 0 Å². The van der Waals surface area contributed by atoms with Crippen LogP contribution in [0.5, 0.6) is 0 Å². The summed E-state index contributed by atoms with van der Waals surface area (Å²) in [6.45, 7) is 8.30. The Bertz CT molecular complexity index is 726. The van der Waals surface area contributed by atoms with Crippen LogP contribution in [0.3, 0.4) is 0 Å². The first-order valence-corrected chi connectivity index (χ1v) is 8.49. The van der Waals surface area contributed by atoms with E-state index in [2.05, 4.69) is 31.1 Å². The molecule has 2 heterocycles. The molecule has 25 heavy (non-hydrogen) atoms. The predicted octanol–water partition coefficient (Wildman–Crippen LogP) is 2.86. The molecule has 0 spiro atoms. The van der Waals surface area contributed by atoms with E-state index in [1.165, 1.54) is 5.56 Å². The number of halogens is 1. The highest BCUT2D eigenvalue weighted by Gasteiger charge is 2.36. The molecule has 1 unspecified atom stereocenters. The lowest BCUT2D eigenvalue weighted by Crippen LogP contribution is -2.54. The highest BCUT2D eigenvalue weighted by Crippen LogP contribution is 2.29. The summed E-state index contributed by atoms with van der Waals surface area (Å²) in [4.78, 5) is 14.8. The van der Waals surface area contributed by atoms with Gasteiger partial charge in [-0.3, -0.25) is 9.48 Å². The summed E-state index contributed by atoms with van der Waals surface area (Å²) in [5, 5.41) is 4.42. The fourth-order valence-electron chi connectivity index (χ4n) is 3.29. The van der Waals surface area contributed by atoms with Crippen LogP contribution in [0.4, 0.5) is 0 Å². The van der Waals surface area contributed by atoms with Gasteiger partial charge in [0.1, 0.15) is 0 Å². The summed E-state index contributed by atoms with van der Waals surface area (Å²) in [7, 11) is 0. The van der Waals surface area contributed by atoms with E-state index in [1.54, 1.807) is 6.20 Å². The number of hydrogen-bond acceptors (Lipinski definition) is 3. The second kappa shape index (κ2) is 7.58. The summed E-state index contributed by atoms with van der Waals surface area (Å²) in [5.74, 6) is 0.0618. The molecule has 0 radical (unpaired) electrons. The smallest absolute Gasteiger partial charge is 0.257 e. The Kier molecular flexibility index (Phi) is 5.91. The third-order valence-electron chi connectivity index (χ3n) is 5.11. The molecule has 0 saturated carbocycles. The zero-order chi connectivity index (χ0) is 17.3. The van der Waals surface area contributed by atoms with Gasteiger partial charge in [-0.2, -0.15) is 5.10 Å². The minimum Gasteiger partial charge on any atom is -0.338 e. The van der Waals surface area contributed by atoms with Gasteiger partial charge in [0.15, 0.2) is 0 Å². The number of likely N-dealkylation sites (tertiary alicyclic amines) is 1. The number of benzene rings is 1. The molecular formula is C19H27ClN4O. The predicted molar refractivity (Wildman–Crippen MR) is 102 cm³/mol. The van der Waals surface area contributed by atoms with E-state index < -0.39 is 0 Å². The summed E-state index contributed by atoms with van der Waals surface area (Å²) < 4.78 is 1.89. The maximum Gasteiger partial charge on any atom is 0.257 e. The van der Waals surface area contributed by atoms with Gasteiger partial charge in [-0.15, -0.1) is 12.4 Å². The van der Waals surface area contributed by atoms with Crippen LogP contribution in [0.15, 0.2) is 36.5 Å². The first kappa shape index (κ1) is 19.5. The lowest BCUT2D eigenvalue weighted by molar-refractivity contribution is 0.0532. The van der Waals surface area contributed by atoms with E-state index in [-0.39, 0.29) is 29.8 Å². The minimum atomic E-state index is -0.0537. The molecule has 1 aliphatic heterocycles. The summed E-state index contributed by atoms with van der Waals surface area (Å²) in [6, 6.07) is 10.3. The van der Waals surface area contributed by atoms with Crippen LogP contribution < -0.4 is 5.73 Å². The molecule has 0 bridgehead atoms. The van der Waals surface area contributed by atoms with E-state index in [4.69, 9.17) is 5.73 Å². The van der Waals surface area contributed by atoms with Crippen LogP contribution in [0.1, 0.15) is 41.9 Å². The standard InChI is InChI=1S/C19H26N4O.ClH/c1-14-16(11-21-23(14)12-15-7-5-4-6-8-15)18(24)22-10-9-17(20)19(2,3)13-22;/h4-8,11,17H,9-10,12-13,20H2,1-3H3;1H. The van der Waals surface area contributed by atoms with E-state index >= 15 is 0 Å². The molecule has 136 valence electrons. The number of nitrogens with two attached hydrogens (primary N) is 1. The Morgan fingerprint density at radius 1 is 1.32 bits per heavy atom. The van der Waals surface area contributed by atoms with Gasteiger partial charge in [0.05, 0.1) is 18.3 Å². The number of carbonyl (C=O) groups excluding carboxylic acids is 1. The molecule has 1 saturated heterocycles. The third kappa shape index (κ3) is 4.05. The van der Waals surface area contributed by atoms with Crippen molar-refractivity contribution in [1.29, 1.82) is 0 Å². The van der Waals surface area contributed by atoms with E-state index in [1.807, 2.05) is 34.7 Å². The first-order chi connectivity index (χ1) is 11.4. The van der Waals surface area contributed by atoms with Crippen LogP contribution in [-0.4, -0.2) is 39.7 Å². The van der Waals surface area contributed by atoms with Crippen molar-refractivity contribution in [3.8, 4) is 0 Å². The van der Waals surface area contributed by atoms with Gasteiger partial charge in [-0.1, -0.05) is 44.2 Å². The fraction of sp³-hybridized carbons (Fsp3) is 0.474. The second-order valence-corrected chi connectivity index (χ2v) is 7.40. The van der Waals surface area contributed by atoms with E-state index in [0.717, 1.165) is 12.1 Å². The Hall–Kier alpha value is -1.85. The molecule has 6 heteroatoms. The van der Waals surface area contributed by atoms with Crippen LogP contribution in [0.25, 0.3) is 0 Å². The summed E-state index contributed by atoms with van der Waals surface area (Å²) in [5.41, 5.74) is 8.90. The Morgan fingerprint density at radius 3 is 2.64 bits per heavy atom. The lowest BCUT2D eigenvalue weighted by Gasteiger charge is -2.42. The number of hydrogen-bond donors (Lipinski definition) is 1. The Labute approximate surface area is 155 Å². The normalized spacial score (nSPS) is 19.4. The van der Waals surface area contributed by atoms with Crippen LogP contribution >= 0.6 is 12.4 Å². The number of carbonyl (C=O) groups is 1. The van der Waals surface area contributed by atoms with Gasteiger partial charge in [0.25, 0.3) is 5.91 Å². The first-order valence-electron chi connectivity index (χ1n) is 8.49. The zero-order valence-electron chi connectivity index (χ0n) is 15.1. The molecular weight excluding hydrogens is 336 g/mol. The van der Waals surface area contributed by atoms with Crippen LogP contribution in [0.2, 0.25) is 0 Å². The highest BCUT2D eigenvalue weighted by molar-refractivity contribution is 5.95. The van der Waals surface area contributed by atoms with Gasteiger partial charge >= 0.3 is 0 Å². The average molecular weight is 363 g/mol. The molecule has 1 aliphatic rings. The van der Waals surface area contributed by atoms with Crippen molar-refractivity contribution in [3.63, 3.8) is 0 Å². The molecule has 5 nitrogen and oxygen atoms in total.